The van der Waals surface area contributed by atoms with Crippen LogP contribution in [0.3, 0.4) is 0 Å². The number of hydrogen-bond donors (Lipinski definition) is 1. The summed E-state index contributed by atoms with van der Waals surface area (Å²) >= 11 is 0. The van der Waals surface area contributed by atoms with Crippen LogP contribution < -0.4 is 14.8 Å². The number of furan rings is 1. The summed E-state index contributed by atoms with van der Waals surface area (Å²) in [5.74, 6) is 0.149. The number of hydrogen-bond acceptors (Lipinski definition) is 4. The molecular formula is C15H15F2NO4. The van der Waals surface area contributed by atoms with Crippen molar-refractivity contribution in [2.24, 2.45) is 0 Å². The van der Waals surface area contributed by atoms with Crippen molar-refractivity contribution in [3.8, 4) is 11.5 Å². The molecule has 0 bridgehead atoms. The molecule has 0 spiro atoms. The van der Waals surface area contributed by atoms with Crippen LogP contribution in [0.5, 0.6) is 11.5 Å². The average Bonchev–Trinajstić information content (AvgIpc) is 3.01. The van der Waals surface area contributed by atoms with E-state index in [0.29, 0.717) is 5.76 Å². The second-order valence-corrected chi connectivity index (χ2v) is 4.45. The summed E-state index contributed by atoms with van der Waals surface area (Å²) in [5.41, 5.74) is 0.261. The Morgan fingerprint density at radius 3 is 2.64 bits per heavy atom. The third kappa shape index (κ3) is 3.75. The van der Waals surface area contributed by atoms with E-state index < -0.39 is 6.61 Å². The molecule has 7 heteroatoms. The minimum Gasteiger partial charge on any atom is -0.493 e. The summed E-state index contributed by atoms with van der Waals surface area (Å²) in [5, 5.41) is 2.73. The number of methoxy groups -OCH3 is 1. The highest BCUT2D eigenvalue weighted by Gasteiger charge is 2.17. The van der Waals surface area contributed by atoms with Gasteiger partial charge in [-0.15, -0.1) is 0 Å². The molecule has 1 N–H and O–H groups in total. The summed E-state index contributed by atoms with van der Waals surface area (Å²) in [6.45, 7) is -1.20. The van der Waals surface area contributed by atoms with Crippen LogP contribution in [0.4, 0.5) is 8.78 Å². The monoisotopic (exact) mass is 311 g/mol. The van der Waals surface area contributed by atoms with E-state index in [0.717, 1.165) is 0 Å². The molecule has 0 aliphatic heterocycles. The van der Waals surface area contributed by atoms with Gasteiger partial charge in [-0.05, 0) is 37.3 Å². The fraction of sp³-hybridized carbons (Fsp3) is 0.267. The normalized spacial score (nSPS) is 12.0. The van der Waals surface area contributed by atoms with Gasteiger partial charge in [-0.1, -0.05) is 0 Å². The summed E-state index contributed by atoms with van der Waals surface area (Å²) < 4.78 is 39.0. The van der Waals surface area contributed by atoms with E-state index >= 15 is 0 Å². The van der Waals surface area contributed by atoms with Crippen LogP contribution in [0, 0.1) is 0 Å². The number of halogens is 2. The van der Waals surface area contributed by atoms with Crippen LogP contribution in [0.15, 0.2) is 41.0 Å². The molecule has 0 saturated carbocycles. The van der Waals surface area contributed by atoms with Crippen molar-refractivity contribution < 1.29 is 27.5 Å². The minimum absolute atomic E-state index is 0.0543. The molecule has 2 aromatic rings. The molecule has 0 fully saturated rings. The maximum Gasteiger partial charge on any atom is 0.387 e. The molecule has 1 heterocycles. The molecule has 0 aliphatic carbocycles. The molecule has 1 atom stereocenters. The first-order valence-corrected chi connectivity index (χ1v) is 6.48. The first-order valence-electron chi connectivity index (χ1n) is 6.48. The number of benzene rings is 1. The lowest BCUT2D eigenvalue weighted by Gasteiger charge is -2.14. The number of alkyl halides is 2. The van der Waals surface area contributed by atoms with Gasteiger partial charge >= 0.3 is 6.61 Å². The Kier molecular flexibility index (Phi) is 4.98. The fourth-order valence-electron chi connectivity index (χ4n) is 1.89. The van der Waals surface area contributed by atoms with Gasteiger partial charge < -0.3 is 19.2 Å². The molecule has 118 valence electrons. The SMILES string of the molecule is COc1cc(C(=O)N[C@H](C)c2ccco2)ccc1OC(F)F. The van der Waals surface area contributed by atoms with Crippen molar-refractivity contribution in [2.75, 3.05) is 7.11 Å². The molecule has 1 aromatic heterocycles. The zero-order valence-electron chi connectivity index (χ0n) is 12.0. The molecule has 5 nitrogen and oxygen atoms in total. The van der Waals surface area contributed by atoms with Crippen LogP contribution in [-0.4, -0.2) is 19.6 Å². The highest BCUT2D eigenvalue weighted by Crippen LogP contribution is 2.29. The van der Waals surface area contributed by atoms with Crippen LogP contribution in [0.1, 0.15) is 29.1 Å². The average molecular weight is 311 g/mol. The van der Waals surface area contributed by atoms with E-state index in [1.165, 1.54) is 31.6 Å². The van der Waals surface area contributed by atoms with Gasteiger partial charge in [0.05, 0.1) is 19.4 Å². The quantitative estimate of drug-likeness (QED) is 0.888. The lowest BCUT2D eigenvalue weighted by molar-refractivity contribution is -0.0512. The summed E-state index contributed by atoms with van der Waals surface area (Å²) in [4.78, 5) is 12.2. The molecule has 1 amide bonds. The second-order valence-electron chi connectivity index (χ2n) is 4.45. The van der Waals surface area contributed by atoms with Gasteiger partial charge in [0.25, 0.3) is 5.91 Å². The smallest absolute Gasteiger partial charge is 0.387 e. The second kappa shape index (κ2) is 6.93. The van der Waals surface area contributed by atoms with E-state index in [-0.39, 0.29) is 29.0 Å². The van der Waals surface area contributed by atoms with Gasteiger partial charge in [-0.2, -0.15) is 8.78 Å². The van der Waals surface area contributed by atoms with E-state index in [1.807, 2.05) is 0 Å². The van der Waals surface area contributed by atoms with Gasteiger partial charge in [0.1, 0.15) is 5.76 Å². The maximum absolute atomic E-state index is 12.3. The number of carbonyl (C=O) groups excluding carboxylic acids is 1. The van der Waals surface area contributed by atoms with Crippen molar-refractivity contribution in [3.63, 3.8) is 0 Å². The highest BCUT2D eigenvalue weighted by molar-refractivity contribution is 5.95. The van der Waals surface area contributed by atoms with Gasteiger partial charge in [0.15, 0.2) is 11.5 Å². The number of carbonyl (C=O) groups is 1. The molecular weight excluding hydrogens is 296 g/mol. The highest BCUT2D eigenvalue weighted by atomic mass is 19.3. The number of nitrogens with one attached hydrogen (secondary N) is 1. The minimum atomic E-state index is -2.97. The number of rotatable bonds is 6. The molecule has 0 radical (unpaired) electrons. The van der Waals surface area contributed by atoms with Crippen molar-refractivity contribution >= 4 is 5.91 Å². The zero-order valence-corrected chi connectivity index (χ0v) is 12.0. The summed E-state index contributed by atoms with van der Waals surface area (Å²) in [6.07, 6.45) is 1.51. The Hall–Kier alpha value is -2.57. The molecule has 0 unspecified atom stereocenters. The van der Waals surface area contributed by atoms with Crippen molar-refractivity contribution in [1.82, 2.24) is 5.32 Å². The fourth-order valence-corrected chi connectivity index (χ4v) is 1.89. The zero-order chi connectivity index (χ0) is 16.1. The Bertz CT molecular complexity index is 628. The van der Waals surface area contributed by atoms with E-state index in [4.69, 9.17) is 9.15 Å². The van der Waals surface area contributed by atoms with Gasteiger partial charge in [0, 0.05) is 5.56 Å². The van der Waals surface area contributed by atoms with E-state index in [1.54, 1.807) is 19.1 Å². The maximum atomic E-state index is 12.3. The third-order valence-electron chi connectivity index (χ3n) is 2.96. The summed E-state index contributed by atoms with van der Waals surface area (Å²) in [7, 11) is 1.31. The molecule has 0 aliphatic rings. The van der Waals surface area contributed by atoms with Crippen molar-refractivity contribution in [2.45, 2.75) is 19.6 Å². The Morgan fingerprint density at radius 2 is 2.05 bits per heavy atom. The predicted octanol–water partition coefficient (Wildman–Crippen LogP) is 3.38. The number of ether oxygens (including phenoxy) is 2. The van der Waals surface area contributed by atoms with Crippen LogP contribution in [0.2, 0.25) is 0 Å². The van der Waals surface area contributed by atoms with Gasteiger partial charge in [0.2, 0.25) is 0 Å². The third-order valence-corrected chi connectivity index (χ3v) is 2.96. The largest absolute Gasteiger partial charge is 0.493 e. The van der Waals surface area contributed by atoms with E-state index in [9.17, 15) is 13.6 Å². The van der Waals surface area contributed by atoms with Crippen LogP contribution in [-0.2, 0) is 0 Å². The van der Waals surface area contributed by atoms with E-state index in [2.05, 4.69) is 10.1 Å². The molecule has 22 heavy (non-hydrogen) atoms. The first kappa shape index (κ1) is 15.8. The molecule has 2 rings (SSSR count). The lowest BCUT2D eigenvalue weighted by Crippen LogP contribution is -2.26. The molecule has 0 saturated heterocycles. The summed E-state index contributed by atoms with van der Waals surface area (Å²) in [6, 6.07) is 7.11. The Balaban J connectivity index is 2.12. The first-order chi connectivity index (χ1) is 10.5. The topological polar surface area (TPSA) is 60.7 Å². The Labute approximate surface area is 125 Å². The van der Waals surface area contributed by atoms with Gasteiger partial charge in [-0.25, -0.2) is 0 Å². The van der Waals surface area contributed by atoms with Crippen LogP contribution >= 0.6 is 0 Å². The van der Waals surface area contributed by atoms with Crippen molar-refractivity contribution in [3.05, 3.63) is 47.9 Å². The van der Waals surface area contributed by atoms with Gasteiger partial charge in [-0.3, -0.25) is 4.79 Å². The van der Waals surface area contributed by atoms with Crippen molar-refractivity contribution in [1.29, 1.82) is 0 Å². The Morgan fingerprint density at radius 1 is 1.27 bits per heavy atom. The predicted molar refractivity (Wildman–Crippen MR) is 74.2 cm³/mol. The van der Waals surface area contributed by atoms with Crippen LogP contribution in [0.25, 0.3) is 0 Å². The lowest BCUT2D eigenvalue weighted by atomic mass is 10.1. The number of amides is 1. The molecule has 1 aromatic carbocycles. The standard InChI is InChI=1S/C15H15F2NO4/c1-9(11-4-3-7-21-11)18-14(19)10-5-6-12(22-15(16)17)13(8-10)20-2/h3-9,15H,1-2H3,(H,18,19)/t9-/m1/s1.